The van der Waals surface area contributed by atoms with Crippen molar-refractivity contribution in [2.45, 2.75) is 45.8 Å². The summed E-state index contributed by atoms with van der Waals surface area (Å²) in [4.78, 5) is 0. The molecule has 0 saturated heterocycles. The van der Waals surface area contributed by atoms with Gasteiger partial charge < -0.3 is 10.1 Å². The van der Waals surface area contributed by atoms with Crippen molar-refractivity contribution in [2.75, 3.05) is 6.54 Å². The third-order valence-electron chi connectivity index (χ3n) is 3.98. The number of unbranched alkanes of at least 4 members (excludes halogenated alkanes) is 3. The van der Waals surface area contributed by atoms with Gasteiger partial charge in [0, 0.05) is 32.7 Å². The molecule has 2 rings (SSSR count). The van der Waals surface area contributed by atoms with Crippen LogP contribution in [0.1, 0.15) is 43.7 Å². The Balaban J connectivity index is 1.96. The first-order valence-corrected chi connectivity index (χ1v) is 9.80. The summed E-state index contributed by atoms with van der Waals surface area (Å²) < 4.78 is 5.97. The molecule has 0 fully saturated rings. The molecule has 2 aromatic carbocycles. The van der Waals surface area contributed by atoms with Gasteiger partial charge in [-0.3, -0.25) is 0 Å². The standard InChI is InChI=1S/C20H24Cl3NO/c1-2-3-4-5-11-24-13-15-12-16(21)9-10-20(15)25-14-17-18(22)7-6-8-19(17)23/h6-10,12,24H,2-5,11,13-14H2,1H3. The molecule has 2 nitrogen and oxygen atoms in total. The number of halogens is 3. The summed E-state index contributed by atoms with van der Waals surface area (Å²) in [5.74, 6) is 0.793. The minimum Gasteiger partial charge on any atom is -0.488 e. The molecule has 0 radical (unpaired) electrons. The van der Waals surface area contributed by atoms with E-state index < -0.39 is 0 Å². The van der Waals surface area contributed by atoms with Crippen LogP contribution in [0.4, 0.5) is 0 Å². The molecule has 2 aromatic rings. The van der Waals surface area contributed by atoms with Crippen LogP contribution in [0.15, 0.2) is 36.4 Å². The predicted molar refractivity (Wildman–Crippen MR) is 108 cm³/mol. The van der Waals surface area contributed by atoms with Gasteiger partial charge in [0.2, 0.25) is 0 Å². The average molecular weight is 401 g/mol. The highest BCUT2D eigenvalue weighted by molar-refractivity contribution is 6.36. The van der Waals surface area contributed by atoms with Crippen molar-refractivity contribution in [2.24, 2.45) is 0 Å². The van der Waals surface area contributed by atoms with Gasteiger partial charge in [0.1, 0.15) is 12.4 Å². The van der Waals surface area contributed by atoms with Gasteiger partial charge in [-0.15, -0.1) is 0 Å². The largest absolute Gasteiger partial charge is 0.488 e. The molecule has 0 aliphatic heterocycles. The number of hydrogen-bond acceptors (Lipinski definition) is 2. The van der Waals surface area contributed by atoms with E-state index in [1.165, 1.54) is 25.7 Å². The minimum absolute atomic E-state index is 0.323. The first-order valence-electron chi connectivity index (χ1n) is 8.66. The Morgan fingerprint density at radius 3 is 2.44 bits per heavy atom. The molecule has 0 atom stereocenters. The van der Waals surface area contributed by atoms with E-state index in [0.717, 1.165) is 30.0 Å². The van der Waals surface area contributed by atoms with Crippen LogP contribution in [-0.4, -0.2) is 6.54 Å². The quantitative estimate of drug-likeness (QED) is 0.438. The Labute approximate surface area is 165 Å². The van der Waals surface area contributed by atoms with Crippen molar-refractivity contribution >= 4 is 34.8 Å². The lowest BCUT2D eigenvalue weighted by Crippen LogP contribution is -2.15. The summed E-state index contributed by atoms with van der Waals surface area (Å²) in [6, 6.07) is 11.1. The monoisotopic (exact) mass is 399 g/mol. The lowest BCUT2D eigenvalue weighted by Gasteiger charge is -2.14. The predicted octanol–water partition coefficient (Wildman–Crippen LogP) is 6.90. The van der Waals surface area contributed by atoms with E-state index in [4.69, 9.17) is 39.5 Å². The molecule has 5 heteroatoms. The summed E-state index contributed by atoms with van der Waals surface area (Å²) in [5, 5.41) is 5.38. The minimum atomic E-state index is 0.323. The topological polar surface area (TPSA) is 21.3 Å². The Kier molecular flexibility index (Phi) is 8.91. The zero-order chi connectivity index (χ0) is 18.1. The average Bonchev–Trinajstić information content (AvgIpc) is 2.59. The van der Waals surface area contributed by atoms with Crippen molar-refractivity contribution in [1.82, 2.24) is 5.32 Å². The van der Waals surface area contributed by atoms with Crippen molar-refractivity contribution in [3.63, 3.8) is 0 Å². The Hall–Kier alpha value is -0.930. The molecule has 0 bridgehead atoms. The van der Waals surface area contributed by atoms with Gasteiger partial charge in [0.25, 0.3) is 0 Å². The first-order chi connectivity index (χ1) is 12.1. The van der Waals surface area contributed by atoms with E-state index in [9.17, 15) is 0 Å². The molecule has 0 saturated carbocycles. The number of hydrogen-bond donors (Lipinski definition) is 1. The van der Waals surface area contributed by atoms with Crippen LogP contribution in [0.25, 0.3) is 0 Å². The van der Waals surface area contributed by atoms with E-state index in [0.29, 0.717) is 21.7 Å². The number of rotatable bonds is 10. The van der Waals surface area contributed by atoms with E-state index in [-0.39, 0.29) is 0 Å². The summed E-state index contributed by atoms with van der Waals surface area (Å²) >= 11 is 18.6. The zero-order valence-electron chi connectivity index (χ0n) is 14.5. The molecule has 0 heterocycles. The van der Waals surface area contributed by atoms with Gasteiger partial charge >= 0.3 is 0 Å². The van der Waals surface area contributed by atoms with Crippen molar-refractivity contribution in [3.8, 4) is 5.75 Å². The lowest BCUT2D eigenvalue weighted by molar-refractivity contribution is 0.302. The molecular weight excluding hydrogens is 377 g/mol. The first kappa shape index (κ1) is 20.4. The van der Waals surface area contributed by atoms with Crippen LogP contribution in [0.3, 0.4) is 0 Å². The molecule has 25 heavy (non-hydrogen) atoms. The smallest absolute Gasteiger partial charge is 0.124 e. The summed E-state index contributed by atoms with van der Waals surface area (Å²) in [7, 11) is 0. The van der Waals surface area contributed by atoms with E-state index >= 15 is 0 Å². The van der Waals surface area contributed by atoms with Crippen LogP contribution < -0.4 is 10.1 Å². The van der Waals surface area contributed by atoms with Crippen LogP contribution in [-0.2, 0) is 13.2 Å². The van der Waals surface area contributed by atoms with Gasteiger partial charge in [0.15, 0.2) is 0 Å². The second kappa shape index (κ2) is 10.9. The SMILES string of the molecule is CCCCCCNCc1cc(Cl)ccc1OCc1c(Cl)cccc1Cl. The summed E-state index contributed by atoms with van der Waals surface area (Å²) in [6.07, 6.45) is 4.97. The highest BCUT2D eigenvalue weighted by Gasteiger charge is 2.09. The maximum Gasteiger partial charge on any atom is 0.124 e. The fraction of sp³-hybridized carbons (Fsp3) is 0.400. The van der Waals surface area contributed by atoms with Crippen LogP contribution in [0.2, 0.25) is 15.1 Å². The highest BCUT2D eigenvalue weighted by Crippen LogP contribution is 2.28. The highest BCUT2D eigenvalue weighted by atomic mass is 35.5. The fourth-order valence-electron chi connectivity index (χ4n) is 2.55. The Morgan fingerprint density at radius 2 is 1.72 bits per heavy atom. The summed E-state index contributed by atoms with van der Waals surface area (Å²) in [6.45, 7) is 4.25. The Morgan fingerprint density at radius 1 is 0.960 bits per heavy atom. The normalized spacial score (nSPS) is 10.9. The van der Waals surface area contributed by atoms with Gasteiger partial charge in [-0.05, 0) is 43.3 Å². The molecule has 0 aliphatic carbocycles. The van der Waals surface area contributed by atoms with Crippen molar-refractivity contribution in [3.05, 3.63) is 62.6 Å². The Bertz CT molecular complexity index is 656. The second-order valence-corrected chi connectivity index (χ2v) is 7.23. The van der Waals surface area contributed by atoms with Crippen LogP contribution >= 0.6 is 34.8 Å². The molecule has 0 aliphatic rings. The molecule has 1 N–H and O–H groups in total. The molecule has 0 unspecified atom stereocenters. The molecule has 0 spiro atoms. The third kappa shape index (κ3) is 6.71. The van der Waals surface area contributed by atoms with Crippen LogP contribution in [0.5, 0.6) is 5.75 Å². The maximum atomic E-state index is 6.21. The maximum absolute atomic E-state index is 6.21. The summed E-state index contributed by atoms with van der Waals surface area (Å²) in [5.41, 5.74) is 1.82. The molecular formula is C20H24Cl3NO. The van der Waals surface area contributed by atoms with Gasteiger partial charge in [0.05, 0.1) is 0 Å². The van der Waals surface area contributed by atoms with Crippen LogP contribution in [0, 0.1) is 0 Å². The van der Waals surface area contributed by atoms with Crippen molar-refractivity contribution < 1.29 is 4.74 Å². The van der Waals surface area contributed by atoms with E-state index in [2.05, 4.69) is 12.2 Å². The number of ether oxygens (including phenoxy) is 1. The zero-order valence-corrected chi connectivity index (χ0v) is 16.7. The van der Waals surface area contributed by atoms with Gasteiger partial charge in [-0.1, -0.05) is 67.1 Å². The fourth-order valence-corrected chi connectivity index (χ4v) is 3.25. The van der Waals surface area contributed by atoms with Gasteiger partial charge in [-0.2, -0.15) is 0 Å². The number of benzene rings is 2. The lowest BCUT2D eigenvalue weighted by atomic mass is 10.1. The van der Waals surface area contributed by atoms with Gasteiger partial charge in [-0.25, -0.2) is 0 Å². The molecule has 0 amide bonds. The molecule has 0 aromatic heterocycles. The third-order valence-corrected chi connectivity index (χ3v) is 4.92. The van der Waals surface area contributed by atoms with E-state index in [1.54, 1.807) is 0 Å². The molecule has 136 valence electrons. The van der Waals surface area contributed by atoms with Crippen molar-refractivity contribution in [1.29, 1.82) is 0 Å². The van der Waals surface area contributed by atoms with E-state index in [1.807, 2.05) is 36.4 Å². The second-order valence-electron chi connectivity index (χ2n) is 5.98. The number of nitrogens with one attached hydrogen (secondary N) is 1.